The third-order valence-corrected chi connectivity index (χ3v) is 4.79. The van der Waals surface area contributed by atoms with Crippen LogP contribution in [0, 0.1) is 12.7 Å². The van der Waals surface area contributed by atoms with Crippen molar-refractivity contribution in [1.29, 1.82) is 0 Å². The lowest BCUT2D eigenvalue weighted by Gasteiger charge is -2.18. The Balaban J connectivity index is 1.49. The highest BCUT2D eigenvalue weighted by Gasteiger charge is 2.30. The van der Waals surface area contributed by atoms with Gasteiger partial charge in [-0.1, -0.05) is 6.07 Å². The van der Waals surface area contributed by atoms with E-state index in [4.69, 9.17) is 0 Å². The fourth-order valence-corrected chi connectivity index (χ4v) is 3.43. The van der Waals surface area contributed by atoms with Crippen LogP contribution in [0.15, 0.2) is 35.1 Å². The Hall–Kier alpha value is -3.09. The molecule has 0 aliphatic carbocycles. The van der Waals surface area contributed by atoms with Gasteiger partial charge in [0.1, 0.15) is 11.9 Å². The molecule has 1 amide bonds. The molecular formula is C19H19FN4O2. The van der Waals surface area contributed by atoms with Crippen LogP contribution in [0.5, 0.6) is 0 Å². The summed E-state index contributed by atoms with van der Waals surface area (Å²) in [5, 5.41) is 6.05. The zero-order valence-corrected chi connectivity index (χ0v) is 14.4. The van der Waals surface area contributed by atoms with Gasteiger partial charge in [0.2, 0.25) is 5.91 Å². The number of aromatic amines is 2. The van der Waals surface area contributed by atoms with E-state index in [1.54, 1.807) is 6.07 Å². The van der Waals surface area contributed by atoms with E-state index in [0.29, 0.717) is 23.2 Å². The average Bonchev–Trinajstić information content (AvgIpc) is 3.16. The number of rotatable bonds is 3. The Morgan fingerprint density at radius 1 is 1.23 bits per heavy atom. The van der Waals surface area contributed by atoms with Crippen molar-refractivity contribution in [2.75, 3.05) is 5.32 Å². The van der Waals surface area contributed by atoms with Crippen LogP contribution in [0.4, 0.5) is 10.1 Å². The van der Waals surface area contributed by atoms with Crippen molar-refractivity contribution < 1.29 is 9.18 Å². The first-order chi connectivity index (χ1) is 12.4. The van der Waals surface area contributed by atoms with Crippen LogP contribution >= 0.6 is 0 Å². The summed E-state index contributed by atoms with van der Waals surface area (Å²) in [5.74, 6) is -0.467. The first-order valence-electron chi connectivity index (χ1n) is 8.48. The maximum atomic E-state index is 14.1. The Morgan fingerprint density at radius 3 is 2.81 bits per heavy atom. The van der Waals surface area contributed by atoms with Crippen molar-refractivity contribution in [3.63, 3.8) is 0 Å². The summed E-state index contributed by atoms with van der Waals surface area (Å²) in [4.78, 5) is 29.4. The first-order valence-corrected chi connectivity index (χ1v) is 8.48. The number of aryl methyl sites for hydroxylation is 1. The van der Waals surface area contributed by atoms with Gasteiger partial charge in [-0.3, -0.25) is 4.79 Å². The molecule has 0 saturated heterocycles. The van der Waals surface area contributed by atoms with Crippen LogP contribution in [-0.2, 0) is 11.2 Å². The number of fused-ring (bicyclic) bond motifs is 2. The minimum atomic E-state index is -0.500. The van der Waals surface area contributed by atoms with Crippen molar-refractivity contribution in [3.05, 3.63) is 63.3 Å². The topological polar surface area (TPSA) is 89.8 Å². The molecule has 4 rings (SSSR count). The third-order valence-electron chi connectivity index (χ3n) is 4.79. The van der Waals surface area contributed by atoms with Gasteiger partial charge >= 0.3 is 5.69 Å². The van der Waals surface area contributed by atoms with E-state index in [0.717, 1.165) is 16.6 Å². The molecule has 2 unspecified atom stereocenters. The van der Waals surface area contributed by atoms with E-state index in [1.165, 1.54) is 6.07 Å². The Morgan fingerprint density at radius 2 is 2.00 bits per heavy atom. The number of carbonyl (C=O) groups is 1. The molecule has 1 aliphatic rings. The van der Waals surface area contributed by atoms with Crippen molar-refractivity contribution in [3.8, 4) is 0 Å². The summed E-state index contributed by atoms with van der Waals surface area (Å²) in [6.45, 7) is 3.69. The fourth-order valence-electron chi connectivity index (χ4n) is 3.43. The number of anilines is 1. The lowest BCUT2D eigenvalue weighted by molar-refractivity contribution is -0.122. The van der Waals surface area contributed by atoms with Gasteiger partial charge in [0.25, 0.3) is 0 Å². The highest BCUT2D eigenvalue weighted by atomic mass is 19.1. The lowest BCUT2D eigenvalue weighted by Crippen LogP contribution is -2.39. The standard InChI is InChI=1S/C19H19FN4O2/c1-9-5-13(20)12-8-17(22-15(12)6-9)18(25)21-10(2)11-3-4-14-16(7-11)24-19(26)23-14/h3-7,10,17,22H,8H2,1-2H3,(H,21,25)(H2,23,24,26). The molecule has 1 aliphatic heterocycles. The van der Waals surface area contributed by atoms with Crippen LogP contribution in [-0.4, -0.2) is 21.9 Å². The summed E-state index contributed by atoms with van der Waals surface area (Å²) in [6.07, 6.45) is 0.324. The van der Waals surface area contributed by atoms with Crippen LogP contribution in [0.1, 0.15) is 29.7 Å². The molecule has 0 fully saturated rings. The second kappa shape index (κ2) is 6.01. The number of halogens is 1. The molecule has 0 spiro atoms. The molecule has 0 radical (unpaired) electrons. The van der Waals surface area contributed by atoms with Crippen molar-refractivity contribution >= 4 is 22.6 Å². The number of nitrogens with one attached hydrogen (secondary N) is 4. The molecule has 134 valence electrons. The smallest absolute Gasteiger partial charge is 0.323 e. The average molecular weight is 354 g/mol. The number of hydrogen-bond acceptors (Lipinski definition) is 3. The van der Waals surface area contributed by atoms with Gasteiger partial charge in [-0.05, 0) is 49.2 Å². The van der Waals surface area contributed by atoms with E-state index >= 15 is 0 Å². The number of H-pyrrole nitrogens is 2. The van der Waals surface area contributed by atoms with Crippen LogP contribution < -0.4 is 16.3 Å². The molecule has 6 nitrogen and oxygen atoms in total. The molecule has 1 aromatic heterocycles. The van der Waals surface area contributed by atoms with Gasteiger partial charge in [-0.15, -0.1) is 0 Å². The Bertz CT molecular complexity index is 1070. The van der Waals surface area contributed by atoms with Gasteiger partial charge in [0.05, 0.1) is 17.1 Å². The maximum Gasteiger partial charge on any atom is 0.323 e. The molecule has 26 heavy (non-hydrogen) atoms. The number of amides is 1. The number of benzene rings is 2. The molecule has 0 bridgehead atoms. The maximum absolute atomic E-state index is 14.1. The molecule has 0 saturated carbocycles. The zero-order chi connectivity index (χ0) is 18.4. The monoisotopic (exact) mass is 354 g/mol. The summed E-state index contributed by atoms with van der Waals surface area (Å²) >= 11 is 0. The minimum Gasteiger partial charge on any atom is -0.373 e. The highest BCUT2D eigenvalue weighted by Crippen LogP contribution is 2.30. The largest absolute Gasteiger partial charge is 0.373 e. The Labute approximate surface area is 148 Å². The number of imidazole rings is 1. The zero-order valence-electron chi connectivity index (χ0n) is 14.4. The van der Waals surface area contributed by atoms with Crippen LogP contribution in [0.3, 0.4) is 0 Å². The Kier molecular flexibility index (Phi) is 3.79. The van der Waals surface area contributed by atoms with Gasteiger partial charge in [-0.25, -0.2) is 9.18 Å². The molecule has 2 aromatic carbocycles. The summed E-state index contributed by atoms with van der Waals surface area (Å²) in [6, 6.07) is 8.07. The second-order valence-corrected chi connectivity index (χ2v) is 6.79. The normalized spacial score (nSPS) is 17.0. The highest BCUT2D eigenvalue weighted by molar-refractivity contribution is 5.88. The van der Waals surface area contributed by atoms with Crippen LogP contribution in [0.2, 0.25) is 0 Å². The lowest BCUT2D eigenvalue weighted by atomic mass is 10.1. The predicted molar refractivity (Wildman–Crippen MR) is 97.7 cm³/mol. The predicted octanol–water partition coefficient (Wildman–Crippen LogP) is 2.52. The molecule has 2 atom stereocenters. The van der Waals surface area contributed by atoms with E-state index in [9.17, 15) is 14.0 Å². The molecule has 7 heteroatoms. The first kappa shape index (κ1) is 16.4. The van der Waals surface area contributed by atoms with Crippen molar-refractivity contribution in [1.82, 2.24) is 15.3 Å². The number of carbonyl (C=O) groups excluding carboxylic acids is 1. The van der Waals surface area contributed by atoms with Gasteiger partial charge in [0.15, 0.2) is 0 Å². The second-order valence-electron chi connectivity index (χ2n) is 6.79. The third kappa shape index (κ3) is 2.85. The van der Waals surface area contributed by atoms with Gasteiger partial charge in [0, 0.05) is 17.7 Å². The quantitative estimate of drug-likeness (QED) is 0.583. The molecule has 3 aromatic rings. The molecular weight excluding hydrogens is 335 g/mol. The summed E-state index contributed by atoms with van der Waals surface area (Å²) in [5.41, 5.74) is 4.07. The fraction of sp³-hybridized carbons (Fsp3) is 0.263. The minimum absolute atomic E-state index is 0.187. The van der Waals surface area contributed by atoms with Crippen molar-refractivity contribution in [2.24, 2.45) is 0 Å². The molecule has 4 N–H and O–H groups in total. The van der Waals surface area contributed by atoms with Crippen molar-refractivity contribution in [2.45, 2.75) is 32.4 Å². The van der Waals surface area contributed by atoms with E-state index in [2.05, 4.69) is 20.6 Å². The van der Waals surface area contributed by atoms with Gasteiger partial charge in [-0.2, -0.15) is 0 Å². The molecule has 2 heterocycles. The van der Waals surface area contributed by atoms with Crippen LogP contribution in [0.25, 0.3) is 11.0 Å². The summed E-state index contributed by atoms with van der Waals surface area (Å²) < 4.78 is 14.1. The van der Waals surface area contributed by atoms with E-state index < -0.39 is 6.04 Å². The van der Waals surface area contributed by atoms with Gasteiger partial charge < -0.3 is 20.6 Å². The van der Waals surface area contributed by atoms with E-state index in [-0.39, 0.29) is 23.5 Å². The SMILES string of the molecule is Cc1cc(F)c2c(c1)NC(C(=O)NC(C)c1ccc3[nH]c(=O)[nH]c3c1)C2. The number of aromatic nitrogens is 2. The van der Waals surface area contributed by atoms with E-state index in [1.807, 2.05) is 32.0 Å². The summed E-state index contributed by atoms with van der Waals surface area (Å²) in [7, 11) is 0. The number of hydrogen-bond donors (Lipinski definition) is 4.